The molecule has 1 aromatic rings. The number of aromatic nitrogens is 1. The van der Waals surface area contributed by atoms with Crippen molar-refractivity contribution in [2.45, 2.75) is 0 Å². The monoisotopic (exact) mass is 188 g/mol. The predicted octanol–water partition coefficient (Wildman–Crippen LogP) is -0.296. The van der Waals surface area contributed by atoms with Crippen molar-refractivity contribution in [1.82, 2.24) is 9.71 Å². The number of H-pyrrole nitrogens is 1. The molecule has 0 aliphatic rings. The summed E-state index contributed by atoms with van der Waals surface area (Å²) in [5, 5.41) is 0. The van der Waals surface area contributed by atoms with Gasteiger partial charge in [-0.05, 0) is 12.1 Å². The highest BCUT2D eigenvalue weighted by Crippen LogP contribution is 1.94. The molecule has 0 fully saturated rings. The summed E-state index contributed by atoms with van der Waals surface area (Å²) >= 11 is 0. The lowest BCUT2D eigenvalue weighted by Gasteiger charge is -1.98. The maximum absolute atomic E-state index is 11.0. The molecule has 0 aromatic carbocycles. The van der Waals surface area contributed by atoms with Crippen LogP contribution in [0.1, 0.15) is 10.5 Å². The van der Waals surface area contributed by atoms with E-state index in [4.69, 9.17) is 0 Å². The van der Waals surface area contributed by atoms with Crippen LogP contribution >= 0.6 is 0 Å². The third-order valence-electron chi connectivity index (χ3n) is 1.12. The maximum Gasteiger partial charge on any atom is 0.281 e. The van der Waals surface area contributed by atoms with Gasteiger partial charge in [0.15, 0.2) is 0 Å². The van der Waals surface area contributed by atoms with Gasteiger partial charge in [0.1, 0.15) is 5.69 Å². The normalized spacial score (nSPS) is 11.1. The van der Waals surface area contributed by atoms with Crippen LogP contribution in [0.2, 0.25) is 0 Å². The number of carbonyl (C=O) groups excluding carboxylic acids is 1. The number of sulfonamides is 1. The van der Waals surface area contributed by atoms with Crippen LogP contribution in [0.25, 0.3) is 0 Å². The highest BCUT2D eigenvalue weighted by atomic mass is 32.2. The fraction of sp³-hybridized carbons (Fsp3) is 0.167. The van der Waals surface area contributed by atoms with Gasteiger partial charge in [-0.1, -0.05) is 0 Å². The molecule has 5 nitrogen and oxygen atoms in total. The zero-order valence-corrected chi connectivity index (χ0v) is 7.18. The van der Waals surface area contributed by atoms with E-state index in [0.717, 1.165) is 6.26 Å². The summed E-state index contributed by atoms with van der Waals surface area (Å²) in [7, 11) is -3.47. The Bertz CT molecular complexity index is 366. The van der Waals surface area contributed by atoms with Crippen molar-refractivity contribution < 1.29 is 13.2 Å². The Hall–Kier alpha value is -1.30. The molecular weight excluding hydrogens is 180 g/mol. The standard InChI is InChI=1S/C6H8N2O3S/c1-12(10,11)8-6(9)5-3-2-4-7-5/h2-4,7H,1H3,(H,8,9). The van der Waals surface area contributed by atoms with E-state index >= 15 is 0 Å². The minimum Gasteiger partial charge on any atom is -0.357 e. The summed E-state index contributed by atoms with van der Waals surface area (Å²) in [6.45, 7) is 0. The number of hydrogen-bond acceptors (Lipinski definition) is 3. The Kier molecular flexibility index (Phi) is 2.18. The van der Waals surface area contributed by atoms with Gasteiger partial charge in [-0.2, -0.15) is 0 Å². The molecule has 6 heteroatoms. The van der Waals surface area contributed by atoms with Gasteiger partial charge in [0.05, 0.1) is 6.26 Å². The van der Waals surface area contributed by atoms with E-state index < -0.39 is 15.9 Å². The largest absolute Gasteiger partial charge is 0.357 e. The van der Waals surface area contributed by atoms with Crippen LogP contribution in [0.3, 0.4) is 0 Å². The van der Waals surface area contributed by atoms with Crippen LogP contribution in [0.4, 0.5) is 0 Å². The van der Waals surface area contributed by atoms with Crippen molar-refractivity contribution in [3.8, 4) is 0 Å². The van der Waals surface area contributed by atoms with E-state index in [2.05, 4.69) is 4.98 Å². The molecule has 0 unspecified atom stereocenters. The third kappa shape index (κ3) is 2.39. The zero-order chi connectivity index (χ0) is 9.19. The van der Waals surface area contributed by atoms with Crippen LogP contribution in [0, 0.1) is 0 Å². The summed E-state index contributed by atoms with van der Waals surface area (Å²) in [4.78, 5) is 13.6. The average molecular weight is 188 g/mol. The van der Waals surface area contributed by atoms with Gasteiger partial charge < -0.3 is 4.98 Å². The first-order valence-electron chi connectivity index (χ1n) is 3.14. The van der Waals surface area contributed by atoms with Crippen molar-refractivity contribution >= 4 is 15.9 Å². The molecule has 1 rings (SSSR count). The Morgan fingerprint density at radius 3 is 2.67 bits per heavy atom. The van der Waals surface area contributed by atoms with E-state index in [9.17, 15) is 13.2 Å². The molecule has 0 saturated carbocycles. The first kappa shape index (κ1) is 8.79. The smallest absolute Gasteiger partial charge is 0.281 e. The predicted molar refractivity (Wildman–Crippen MR) is 43.1 cm³/mol. The van der Waals surface area contributed by atoms with Gasteiger partial charge >= 0.3 is 0 Å². The average Bonchev–Trinajstić information content (AvgIpc) is 2.32. The van der Waals surface area contributed by atoms with Crippen molar-refractivity contribution in [2.24, 2.45) is 0 Å². The van der Waals surface area contributed by atoms with Gasteiger partial charge in [-0.15, -0.1) is 0 Å². The second-order valence-corrected chi connectivity index (χ2v) is 4.04. The van der Waals surface area contributed by atoms with Gasteiger partial charge in [0.2, 0.25) is 10.0 Å². The SMILES string of the molecule is CS(=O)(=O)NC(=O)c1ccc[nH]1. The second-order valence-electron chi connectivity index (χ2n) is 2.29. The Morgan fingerprint density at radius 1 is 1.58 bits per heavy atom. The molecule has 2 N–H and O–H groups in total. The summed E-state index contributed by atoms with van der Waals surface area (Å²) in [6, 6.07) is 3.09. The molecule has 0 aliphatic heterocycles. The number of aromatic amines is 1. The van der Waals surface area contributed by atoms with Crippen LogP contribution in [-0.4, -0.2) is 25.6 Å². The van der Waals surface area contributed by atoms with Gasteiger partial charge in [-0.25, -0.2) is 13.1 Å². The summed E-state index contributed by atoms with van der Waals surface area (Å²) in [5.41, 5.74) is 0.223. The minimum absolute atomic E-state index is 0.223. The van der Waals surface area contributed by atoms with Crippen LogP contribution in [0.5, 0.6) is 0 Å². The lowest BCUT2D eigenvalue weighted by atomic mass is 10.4. The second kappa shape index (κ2) is 2.98. The van der Waals surface area contributed by atoms with Gasteiger partial charge in [-0.3, -0.25) is 4.79 Å². The number of carbonyl (C=O) groups is 1. The Labute approximate surface area is 69.8 Å². The summed E-state index contributed by atoms with van der Waals surface area (Å²) < 4.78 is 23.0. The highest BCUT2D eigenvalue weighted by molar-refractivity contribution is 7.89. The molecule has 12 heavy (non-hydrogen) atoms. The lowest BCUT2D eigenvalue weighted by molar-refractivity contribution is 0.0977. The molecule has 0 saturated heterocycles. The molecule has 0 bridgehead atoms. The number of rotatable bonds is 2. The topological polar surface area (TPSA) is 79.0 Å². The van der Waals surface area contributed by atoms with E-state index in [1.54, 1.807) is 6.07 Å². The van der Waals surface area contributed by atoms with Crippen molar-refractivity contribution in [1.29, 1.82) is 0 Å². The summed E-state index contributed by atoms with van der Waals surface area (Å²) in [6.07, 6.45) is 2.46. The number of hydrogen-bond donors (Lipinski definition) is 2. The lowest BCUT2D eigenvalue weighted by Crippen LogP contribution is -2.29. The summed E-state index contributed by atoms with van der Waals surface area (Å²) in [5.74, 6) is -0.650. The van der Waals surface area contributed by atoms with E-state index in [-0.39, 0.29) is 5.69 Å². The zero-order valence-electron chi connectivity index (χ0n) is 6.37. The molecule has 1 amide bonds. The third-order valence-corrected chi connectivity index (χ3v) is 1.68. The first-order chi connectivity index (χ1) is 5.49. The highest BCUT2D eigenvalue weighted by Gasteiger charge is 2.10. The fourth-order valence-electron chi connectivity index (χ4n) is 0.695. The van der Waals surface area contributed by atoms with Crippen LogP contribution in [0.15, 0.2) is 18.3 Å². The van der Waals surface area contributed by atoms with E-state index in [1.807, 2.05) is 4.72 Å². The molecule has 1 heterocycles. The molecule has 1 aromatic heterocycles. The Balaban J connectivity index is 2.76. The molecule has 0 spiro atoms. The minimum atomic E-state index is -3.47. The quantitative estimate of drug-likeness (QED) is 0.669. The van der Waals surface area contributed by atoms with E-state index in [0.29, 0.717) is 0 Å². The van der Waals surface area contributed by atoms with Gasteiger partial charge in [0, 0.05) is 6.20 Å². The molecule has 66 valence electrons. The van der Waals surface area contributed by atoms with Crippen molar-refractivity contribution in [2.75, 3.05) is 6.26 Å². The van der Waals surface area contributed by atoms with Crippen molar-refractivity contribution in [3.05, 3.63) is 24.0 Å². The fourth-order valence-corrected chi connectivity index (χ4v) is 1.14. The number of amides is 1. The Morgan fingerprint density at radius 2 is 2.25 bits per heavy atom. The number of nitrogens with one attached hydrogen (secondary N) is 2. The van der Waals surface area contributed by atoms with Crippen LogP contribution < -0.4 is 4.72 Å². The van der Waals surface area contributed by atoms with Crippen molar-refractivity contribution in [3.63, 3.8) is 0 Å². The molecule has 0 atom stereocenters. The molecular formula is C6H8N2O3S. The molecule has 0 aliphatic carbocycles. The first-order valence-corrected chi connectivity index (χ1v) is 5.04. The van der Waals surface area contributed by atoms with Crippen LogP contribution in [-0.2, 0) is 10.0 Å². The van der Waals surface area contributed by atoms with Gasteiger partial charge in [0.25, 0.3) is 5.91 Å². The maximum atomic E-state index is 11.0. The molecule has 0 radical (unpaired) electrons. The van der Waals surface area contributed by atoms with E-state index in [1.165, 1.54) is 12.3 Å².